The molecule has 0 aliphatic heterocycles. The Labute approximate surface area is 83.3 Å². The van der Waals surface area contributed by atoms with Crippen LogP contribution in [-0.2, 0) is 4.79 Å². The van der Waals surface area contributed by atoms with Crippen molar-refractivity contribution in [1.29, 1.82) is 0 Å². The van der Waals surface area contributed by atoms with Crippen molar-refractivity contribution in [2.75, 3.05) is 12.9 Å². The molecule has 0 spiro atoms. The number of thioether (sulfide) groups is 1. The van der Waals surface area contributed by atoms with Crippen LogP contribution in [0.2, 0.25) is 0 Å². The van der Waals surface area contributed by atoms with Gasteiger partial charge in [0, 0.05) is 11.3 Å². The Morgan fingerprint density at radius 2 is 2.15 bits per heavy atom. The Bertz CT molecular complexity index is 160. The molecule has 78 valence electrons. The monoisotopic (exact) mass is 206 g/mol. The lowest BCUT2D eigenvalue weighted by atomic mass is 10.2. The summed E-state index contributed by atoms with van der Waals surface area (Å²) in [5.41, 5.74) is 5.39. The maximum Gasteiger partial charge on any atom is 0.236 e. The number of aliphatic hydroxyl groups is 1. The van der Waals surface area contributed by atoms with Gasteiger partial charge in [0.15, 0.2) is 0 Å². The minimum atomic E-state index is -0.497. The van der Waals surface area contributed by atoms with Gasteiger partial charge in [-0.2, -0.15) is 11.8 Å². The molecule has 0 saturated heterocycles. The molecule has 0 fully saturated rings. The molecule has 0 radical (unpaired) electrons. The number of rotatable bonds is 5. The van der Waals surface area contributed by atoms with Gasteiger partial charge >= 0.3 is 0 Å². The Kier molecular flexibility index (Phi) is 6.11. The Morgan fingerprint density at radius 3 is 2.46 bits per heavy atom. The number of hydrogen-bond donors (Lipinski definition) is 3. The summed E-state index contributed by atoms with van der Waals surface area (Å²) in [4.78, 5) is 11.2. The fourth-order valence-corrected chi connectivity index (χ4v) is 1.51. The molecule has 0 aliphatic carbocycles. The van der Waals surface area contributed by atoms with Crippen LogP contribution in [0.15, 0.2) is 0 Å². The van der Waals surface area contributed by atoms with E-state index in [1.807, 2.05) is 13.2 Å². The summed E-state index contributed by atoms with van der Waals surface area (Å²) in [6.07, 6.45) is 1.90. The van der Waals surface area contributed by atoms with E-state index in [1.165, 1.54) is 11.8 Å². The quantitative estimate of drug-likeness (QED) is 0.570. The third-order valence-electron chi connectivity index (χ3n) is 1.82. The van der Waals surface area contributed by atoms with Crippen LogP contribution in [-0.4, -0.2) is 41.2 Å². The summed E-state index contributed by atoms with van der Waals surface area (Å²) < 4.78 is 0. The largest absolute Gasteiger partial charge is 0.395 e. The van der Waals surface area contributed by atoms with Crippen molar-refractivity contribution in [1.82, 2.24) is 5.32 Å². The summed E-state index contributed by atoms with van der Waals surface area (Å²) in [5.74, 6) is -0.181. The minimum absolute atomic E-state index is 0.0303. The molecule has 13 heavy (non-hydrogen) atoms. The van der Waals surface area contributed by atoms with Crippen molar-refractivity contribution in [2.45, 2.75) is 31.2 Å². The van der Waals surface area contributed by atoms with Crippen LogP contribution >= 0.6 is 11.8 Å². The summed E-state index contributed by atoms with van der Waals surface area (Å²) >= 11 is 1.53. The molecule has 4 N–H and O–H groups in total. The summed E-state index contributed by atoms with van der Waals surface area (Å²) in [7, 11) is 0. The number of nitrogens with one attached hydrogen (secondary N) is 1. The van der Waals surface area contributed by atoms with E-state index in [1.54, 1.807) is 6.92 Å². The third kappa shape index (κ3) is 4.50. The van der Waals surface area contributed by atoms with Gasteiger partial charge in [0.1, 0.15) is 0 Å². The number of aliphatic hydroxyl groups excluding tert-OH is 1. The number of carbonyl (C=O) groups excluding carboxylic acids is 1. The van der Waals surface area contributed by atoms with E-state index < -0.39 is 6.04 Å². The molecule has 0 aromatic heterocycles. The van der Waals surface area contributed by atoms with Crippen molar-refractivity contribution in [3.8, 4) is 0 Å². The Balaban J connectivity index is 3.97. The predicted molar refractivity (Wildman–Crippen MR) is 55.6 cm³/mol. The highest BCUT2D eigenvalue weighted by molar-refractivity contribution is 7.99. The summed E-state index contributed by atoms with van der Waals surface area (Å²) in [6.45, 7) is 3.55. The first-order valence-electron chi connectivity index (χ1n) is 4.22. The van der Waals surface area contributed by atoms with Gasteiger partial charge in [-0.3, -0.25) is 4.79 Å². The van der Waals surface area contributed by atoms with E-state index >= 15 is 0 Å². The number of hydrogen-bond acceptors (Lipinski definition) is 4. The topological polar surface area (TPSA) is 75.3 Å². The molecule has 4 nitrogen and oxygen atoms in total. The number of carbonyl (C=O) groups is 1. The van der Waals surface area contributed by atoms with Crippen molar-refractivity contribution >= 4 is 17.7 Å². The van der Waals surface area contributed by atoms with Crippen molar-refractivity contribution < 1.29 is 9.90 Å². The smallest absolute Gasteiger partial charge is 0.236 e. The molecule has 0 aromatic rings. The highest BCUT2D eigenvalue weighted by Gasteiger charge is 2.18. The van der Waals surface area contributed by atoms with Crippen LogP contribution in [0.5, 0.6) is 0 Å². The van der Waals surface area contributed by atoms with Gasteiger partial charge in [-0.1, -0.05) is 0 Å². The first-order valence-corrected chi connectivity index (χ1v) is 5.51. The van der Waals surface area contributed by atoms with Crippen LogP contribution < -0.4 is 11.1 Å². The van der Waals surface area contributed by atoms with Gasteiger partial charge in [-0.05, 0) is 20.1 Å². The zero-order valence-corrected chi connectivity index (χ0v) is 9.10. The van der Waals surface area contributed by atoms with Gasteiger partial charge in [0.2, 0.25) is 5.91 Å². The van der Waals surface area contributed by atoms with Gasteiger partial charge in [-0.15, -0.1) is 0 Å². The second-order valence-electron chi connectivity index (χ2n) is 3.04. The van der Waals surface area contributed by atoms with E-state index in [4.69, 9.17) is 10.8 Å². The van der Waals surface area contributed by atoms with Gasteiger partial charge in [0.25, 0.3) is 0 Å². The summed E-state index contributed by atoms with van der Waals surface area (Å²) in [6, 6.07) is -0.554. The molecule has 0 rings (SSSR count). The maximum atomic E-state index is 11.2. The molecule has 3 atom stereocenters. The fraction of sp³-hybridized carbons (Fsp3) is 0.875. The lowest BCUT2D eigenvalue weighted by Gasteiger charge is -2.22. The van der Waals surface area contributed by atoms with Gasteiger partial charge in [-0.25, -0.2) is 0 Å². The van der Waals surface area contributed by atoms with Crippen LogP contribution in [0.25, 0.3) is 0 Å². The maximum absolute atomic E-state index is 11.2. The predicted octanol–water partition coefficient (Wildman–Crippen LogP) is -0.438. The second kappa shape index (κ2) is 6.23. The van der Waals surface area contributed by atoms with Crippen LogP contribution in [0.4, 0.5) is 0 Å². The van der Waals surface area contributed by atoms with Crippen molar-refractivity contribution in [3.05, 3.63) is 0 Å². The molecule has 0 aliphatic rings. The van der Waals surface area contributed by atoms with Crippen molar-refractivity contribution in [3.63, 3.8) is 0 Å². The fourth-order valence-electron chi connectivity index (χ4n) is 0.886. The zero-order valence-electron chi connectivity index (χ0n) is 8.28. The average molecular weight is 206 g/mol. The Morgan fingerprint density at radius 1 is 1.62 bits per heavy atom. The van der Waals surface area contributed by atoms with Crippen molar-refractivity contribution in [2.24, 2.45) is 5.73 Å². The van der Waals surface area contributed by atoms with Crippen LogP contribution in [0.3, 0.4) is 0 Å². The molecule has 0 saturated carbocycles. The first-order chi connectivity index (χ1) is 6.02. The Hall–Kier alpha value is -0.260. The SMILES string of the molecule is CSC(CO)C(C)NC(=O)C(C)N. The average Bonchev–Trinajstić information content (AvgIpc) is 2.06. The highest BCUT2D eigenvalue weighted by Crippen LogP contribution is 2.09. The van der Waals surface area contributed by atoms with E-state index in [0.717, 1.165) is 0 Å². The van der Waals surface area contributed by atoms with Crippen LogP contribution in [0, 0.1) is 0 Å². The normalized spacial score (nSPS) is 17.6. The second-order valence-corrected chi connectivity index (χ2v) is 4.12. The van der Waals surface area contributed by atoms with E-state index in [-0.39, 0.29) is 23.8 Å². The zero-order chi connectivity index (χ0) is 10.4. The lowest BCUT2D eigenvalue weighted by Crippen LogP contribution is -2.47. The third-order valence-corrected chi connectivity index (χ3v) is 2.99. The molecular formula is C8H18N2O2S. The number of amides is 1. The van der Waals surface area contributed by atoms with Gasteiger partial charge in [0.05, 0.1) is 12.6 Å². The molecular weight excluding hydrogens is 188 g/mol. The lowest BCUT2D eigenvalue weighted by molar-refractivity contribution is -0.122. The first kappa shape index (κ1) is 12.7. The highest BCUT2D eigenvalue weighted by atomic mass is 32.2. The minimum Gasteiger partial charge on any atom is -0.395 e. The summed E-state index contributed by atoms with van der Waals surface area (Å²) in [5, 5.41) is 11.7. The van der Waals surface area contributed by atoms with Gasteiger partial charge < -0.3 is 16.2 Å². The molecule has 5 heteroatoms. The standard InChI is InChI=1S/C8H18N2O2S/c1-5(9)8(12)10-6(2)7(4-11)13-3/h5-7,11H,4,9H2,1-3H3,(H,10,12). The molecule has 0 aromatic carbocycles. The van der Waals surface area contributed by atoms with E-state index in [2.05, 4.69) is 5.32 Å². The van der Waals surface area contributed by atoms with E-state index in [0.29, 0.717) is 0 Å². The number of nitrogens with two attached hydrogens (primary N) is 1. The molecule has 0 heterocycles. The van der Waals surface area contributed by atoms with Crippen LogP contribution in [0.1, 0.15) is 13.8 Å². The molecule has 1 amide bonds. The molecule has 3 unspecified atom stereocenters. The molecule has 0 bridgehead atoms. The van der Waals surface area contributed by atoms with E-state index in [9.17, 15) is 4.79 Å².